The van der Waals surface area contributed by atoms with Crippen LogP contribution in [-0.2, 0) is 89.3 Å². The van der Waals surface area contributed by atoms with Gasteiger partial charge in [0, 0.05) is 42.0 Å². The van der Waals surface area contributed by atoms with E-state index >= 15 is 0 Å². The lowest BCUT2D eigenvalue weighted by Gasteiger charge is -2.23. The number of benzene rings is 6. The SMILES string of the molecule is COC(C)CCn1ncc(O)c(C2=NP(=O)(O)c3cc(NS(C)(=O)=O)ccc3N2)c1=O.CS(=O)(=O)Nc1ccc2c(c1)P(=O)(O)N=C(c1c(O)cnn(Cc3ccc(F)c(Cl)c3)c1=O)N2.CS(=O)(=O)Nc1ccc2c(c1)P(=O)(O)N=C(c1c(O)cnn(Cc3ccccc3)c1=O)N2.CS(=O)(=O)Nc1ccc2c(c1)P(=O)(O)N=C(c1c(O)cnn(Cc3ccoc3)c1=O)N2. The maximum atomic E-state index is 13.4. The number of aryl methyl sites for hydroxylation is 1. The highest BCUT2D eigenvalue weighted by molar-refractivity contribution is 7.92. The van der Waals surface area contributed by atoms with Gasteiger partial charge in [0.1, 0.15) is 28.1 Å². The van der Waals surface area contributed by atoms with Crippen LogP contribution in [0.2, 0.25) is 5.02 Å². The predicted octanol–water partition coefficient (Wildman–Crippen LogP) is 3.97. The molecule has 5 atom stereocenters. The van der Waals surface area contributed by atoms with Crippen molar-refractivity contribution in [1.82, 2.24) is 39.1 Å². The van der Waals surface area contributed by atoms with Crippen molar-refractivity contribution in [1.29, 1.82) is 0 Å². The minimum Gasteiger partial charge on any atom is -0.505 e. The van der Waals surface area contributed by atoms with E-state index in [1.807, 2.05) is 13.0 Å². The highest BCUT2D eigenvalue weighted by atomic mass is 35.5. The molecule has 5 aromatic heterocycles. The van der Waals surface area contributed by atoms with Crippen LogP contribution in [0.3, 0.4) is 0 Å². The van der Waals surface area contributed by atoms with Crippen LogP contribution >= 0.6 is 41.7 Å². The van der Waals surface area contributed by atoms with Crippen LogP contribution in [0.5, 0.6) is 23.0 Å². The Labute approximate surface area is 727 Å². The number of methoxy groups -OCH3 is 1. The second-order valence-electron chi connectivity index (χ2n) is 28.1. The van der Waals surface area contributed by atoms with Gasteiger partial charge in [-0.1, -0.05) is 48.0 Å². The van der Waals surface area contributed by atoms with Crippen LogP contribution in [0.25, 0.3) is 0 Å². The van der Waals surface area contributed by atoms with Crippen LogP contribution in [0.15, 0.2) is 207 Å². The summed E-state index contributed by atoms with van der Waals surface area (Å²) >= 11 is 5.78. The molecule has 0 radical (unpaired) electrons. The molecular weight excluding hydrogens is 1870 g/mol. The molecule has 46 nitrogen and oxygen atoms in total. The van der Waals surface area contributed by atoms with Gasteiger partial charge in [0.15, 0.2) is 46.3 Å². The Morgan fingerprint density at radius 3 is 1.04 bits per heavy atom. The van der Waals surface area contributed by atoms with E-state index in [1.165, 1.54) is 98.5 Å². The average Bonchev–Trinajstić information content (AvgIpc) is 0.818. The van der Waals surface area contributed by atoms with Gasteiger partial charge in [-0.2, -0.15) is 39.4 Å². The number of halogens is 2. The number of ether oxygens (including phenoxy) is 1. The minimum absolute atomic E-state index is 0.0445. The molecule has 128 heavy (non-hydrogen) atoms. The second-order valence-corrected chi connectivity index (χ2v) is 42.6. The van der Waals surface area contributed by atoms with E-state index in [0.29, 0.717) is 17.5 Å². The summed E-state index contributed by atoms with van der Waals surface area (Å²) < 4.78 is 195. The highest BCUT2D eigenvalue weighted by Gasteiger charge is 2.39. The van der Waals surface area contributed by atoms with Crippen molar-refractivity contribution in [2.24, 2.45) is 19.1 Å². The van der Waals surface area contributed by atoms with E-state index < -0.39 is 127 Å². The Kier molecular flexibility index (Phi) is 27.1. The summed E-state index contributed by atoms with van der Waals surface area (Å²) in [5.74, 6) is -4.05. The van der Waals surface area contributed by atoms with Crippen molar-refractivity contribution in [2.45, 2.75) is 45.6 Å². The molecule has 56 heteroatoms. The van der Waals surface area contributed by atoms with E-state index in [-0.39, 0.29) is 144 Å². The molecule has 11 aromatic rings. The minimum atomic E-state index is -4.47. The molecule has 4 aliphatic rings. The quantitative estimate of drug-likeness (QED) is 0.0427. The first-order valence-corrected chi connectivity index (χ1v) is 50.7. The summed E-state index contributed by atoms with van der Waals surface area (Å²) in [5, 5.41) is 66.7. The van der Waals surface area contributed by atoms with Gasteiger partial charge in [-0.3, -0.25) is 56.3 Å². The molecule has 9 heterocycles. The first kappa shape index (κ1) is 94.3. The summed E-state index contributed by atoms with van der Waals surface area (Å²) in [4.78, 5) is 93.8. The fourth-order valence-electron chi connectivity index (χ4n) is 12.3. The predicted molar refractivity (Wildman–Crippen MR) is 474 cm³/mol. The molecule has 5 unspecified atom stereocenters. The fourth-order valence-corrected chi connectivity index (χ4v) is 19.8. The number of fused-ring (bicyclic) bond motifs is 4. The van der Waals surface area contributed by atoms with E-state index in [0.717, 1.165) is 86.2 Å². The van der Waals surface area contributed by atoms with Crippen LogP contribution in [0.1, 0.15) is 52.3 Å². The number of hydrogen-bond acceptors (Lipinski definition) is 30. The lowest BCUT2D eigenvalue weighted by molar-refractivity contribution is 0.105. The monoisotopic (exact) mass is 1940 g/mol. The molecule has 6 aromatic carbocycles. The lowest BCUT2D eigenvalue weighted by Crippen LogP contribution is -2.34. The molecule has 0 amide bonds. The Bertz CT molecular complexity index is 7440. The zero-order valence-corrected chi connectivity index (χ0v) is 74.3. The summed E-state index contributed by atoms with van der Waals surface area (Å²) in [6.07, 6.45) is 11.1. The number of hydrogen-bond donors (Lipinski definition) is 16. The summed E-state index contributed by atoms with van der Waals surface area (Å²) in [7, 11) is -30.6. The number of sulfonamides is 4. The van der Waals surface area contributed by atoms with Gasteiger partial charge in [0.05, 0.1) is 137 Å². The first-order valence-electron chi connectivity index (χ1n) is 36.3. The third-order valence-electron chi connectivity index (χ3n) is 18.0. The van der Waals surface area contributed by atoms with Crippen LogP contribution in [0.4, 0.5) is 49.9 Å². The number of nitrogens with one attached hydrogen (secondary N) is 8. The van der Waals surface area contributed by atoms with E-state index in [4.69, 9.17) is 20.8 Å². The van der Waals surface area contributed by atoms with Crippen molar-refractivity contribution < 1.29 is 105 Å². The summed E-state index contributed by atoms with van der Waals surface area (Å²) in [6.45, 7) is 2.05. The number of furan rings is 1. The molecule has 4 aliphatic heterocycles. The normalized spacial score (nSPS) is 18.1. The van der Waals surface area contributed by atoms with E-state index in [1.54, 1.807) is 30.3 Å². The fraction of sp³-hybridized carbons (Fsp3) is 0.167. The zero-order chi connectivity index (χ0) is 93.3. The zero-order valence-electron chi connectivity index (χ0n) is 66.7. The third kappa shape index (κ3) is 22.7. The summed E-state index contributed by atoms with van der Waals surface area (Å²) in [6, 6.07) is 30.1. The van der Waals surface area contributed by atoms with E-state index in [9.17, 15) is 115 Å². The smallest absolute Gasteiger partial charge is 0.346 e. The molecule has 674 valence electrons. The van der Waals surface area contributed by atoms with Gasteiger partial charge in [0.25, 0.3) is 22.2 Å². The van der Waals surface area contributed by atoms with Gasteiger partial charge in [-0.05, 0) is 115 Å². The molecule has 0 saturated heterocycles. The van der Waals surface area contributed by atoms with Gasteiger partial charge in [-0.25, -0.2) is 56.8 Å². The largest absolute Gasteiger partial charge is 0.505 e. The Balaban J connectivity index is 0.000000155. The van der Waals surface area contributed by atoms with Crippen LogP contribution in [0, 0.1) is 5.82 Å². The molecule has 0 saturated carbocycles. The van der Waals surface area contributed by atoms with E-state index in [2.05, 4.69) is 79.6 Å². The molecule has 0 bridgehead atoms. The van der Waals surface area contributed by atoms with Crippen molar-refractivity contribution >= 4 is 172 Å². The molecular formula is C72H72ClFN20O26P4S4. The number of rotatable bonds is 22. The molecule has 0 aliphatic carbocycles. The standard InChI is InChI=1S/C19H16ClFN5O6PS.C19H18N5O6PS.C17H16N5O7PS.C17H22N5O7PS/c1-34(31,32)25-11-3-5-14-16(7-11)33(29,30)24-18(23-14)17-15(27)8-22-26(19(17)28)9-10-2-4-13(21)12(20)6-10;1-32(29,30)23-13-7-8-14-16(9-13)31(27,28)22-18(21-14)17-15(25)10-20-24(19(17)26)11-12-5-3-2-4-6-12;1-31(27,28)21-11-2-3-12-14(6-11)30(25,26)20-16(19-12)15-13(23)7-18-22(17(15)24)8-10-4-5-29-9-10;1-10(29-2)6-7-22-17(24)15(13(23)9-18-22)16-19-12-5-4-11(21-31(3,27)28)8-14(12)30(25,26)20-16/h2-8,25,27H,9H2,1H3,(H2,23,24,29,30);2-10,23,25H,11H2,1H3,(H2,21,22,27,28);2-7,9,21,23H,8H2,1H3,(H2,19,20,25,26);4-5,8-10,21,23H,6-7H2,1-3H3,(H2,19,20,25,26). The molecule has 0 fully saturated rings. The first-order chi connectivity index (χ1) is 59.8. The van der Waals surface area contributed by atoms with Crippen LogP contribution < -0.4 is 83.6 Å². The number of nitrogens with zero attached hydrogens (tertiary/aromatic N) is 12. The maximum Gasteiger partial charge on any atom is 0.346 e. The van der Waals surface area contributed by atoms with Crippen molar-refractivity contribution in [3.63, 3.8) is 0 Å². The molecule has 16 N–H and O–H groups in total. The van der Waals surface area contributed by atoms with Gasteiger partial charge >= 0.3 is 30.1 Å². The summed E-state index contributed by atoms with van der Waals surface area (Å²) in [5.41, 5.74) is -1.70. The molecule has 15 rings (SSSR count). The van der Waals surface area contributed by atoms with Crippen molar-refractivity contribution in [2.75, 3.05) is 72.3 Å². The second kappa shape index (κ2) is 36.8. The van der Waals surface area contributed by atoms with Crippen molar-refractivity contribution in [3.8, 4) is 23.0 Å². The maximum absolute atomic E-state index is 13.4. The van der Waals surface area contributed by atoms with Gasteiger partial charge < -0.3 is 70.4 Å². The van der Waals surface area contributed by atoms with Gasteiger partial charge in [0.2, 0.25) is 40.1 Å². The third-order valence-corrected chi connectivity index (χ3v) is 26.6. The number of aromatic nitrogens is 8. The topological polar surface area (TPSA) is 674 Å². The highest BCUT2D eigenvalue weighted by Crippen LogP contribution is 2.51. The Hall–Kier alpha value is -12.9. The lowest BCUT2D eigenvalue weighted by atomic mass is 10.2. The van der Waals surface area contributed by atoms with Crippen LogP contribution in [-0.4, -0.2) is 174 Å². The number of anilines is 8. The number of aromatic hydroxyl groups is 4. The number of amidine groups is 4. The Morgan fingerprint density at radius 1 is 0.438 bits per heavy atom. The van der Waals surface area contributed by atoms with Gasteiger partial charge in [-0.15, -0.1) is 0 Å². The van der Waals surface area contributed by atoms with Crippen molar-refractivity contribution in [3.05, 3.63) is 256 Å². The average molecular weight is 1940 g/mol. The molecule has 0 spiro atoms. The Morgan fingerprint density at radius 2 is 0.742 bits per heavy atom.